The zero-order valence-corrected chi connectivity index (χ0v) is 16.5. The van der Waals surface area contributed by atoms with Crippen LogP contribution in [-0.4, -0.2) is 17.1 Å². The molecule has 0 radical (unpaired) electrons. The van der Waals surface area contributed by atoms with Gasteiger partial charge in [0.05, 0.1) is 11.1 Å². The van der Waals surface area contributed by atoms with Crippen LogP contribution in [0.15, 0.2) is 54.9 Å². The van der Waals surface area contributed by atoms with Crippen molar-refractivity contribution in [2.24, 2.45) is 0 Å². The first-order valence-corrected chi connectivity index (χ1v) is 10.1. The van der Waals surface area contributed by atoms with Crippen LogP contribution in [0.1, 0.15) is 31.2 Å². The number of pyridine rings is 1. The third-order valence-electron chi connectivity index (χ3n) is 5.14. The van der Waals surface area contributed by atoms with Gasteiger partial charge < -0.3 is 10.1 Å². The minimum atomic E-state index is 0.214. The Labute approximate surface area is 169 Å². The Kier molecular flexibility index (Phi) is 5.82. The van der Waals surface area contributed by atoms with Gasteiger partial charge in [-0.3, -0.25) is 4.98 Å². The van der Waals surface area contributed by atoms with Crippen LogP contribution in [0.2, 0.25) is 10.0 Å². The first kappa shape index (κ1) is 18.5. The standard InChI is InChI=1S/C22H22Cl2N2O/c23-18-3-1-2-15(10-18)13-26-19-4-6-20(7-5-19)27-22-12-16-8-9-25-14-17(16)11-21(22)24/h1-3,8-12,14,19-20,26H,4-7,13H2/t19-,20+. The second kappa shape index (κ2) is 8.47. The highest BCUT2D eigenvalue weighted by Gasteiger charge is 2.23. The summed E-state index contributed by atoms with van der Waals surface area (Å²) in [7, 11) is 0. The lowest BCUT2D eigenvalue weighted by atomic mass is 9.92. The van der Waals surface area contributed by atoms with E-state index in [2.05, 4.69) is 16.4 Å². The molecule has 5 heteroatoms. The average molecular weight is 401 g/mol. The van der Waals surface area contributed by atoms with Crippen molar-refractivity contribution < 1.29 is 4.74 Å². The second-order valence-electron chi connectivity index (χ2n) is 7.11. The highest BCUT2D eigenvalue weighted by Crippen LogP contribution is 2.33. The number of nitrogens with zero attached hydrogens (tertiary/aromatic N) is 1. The van der Waals surface area contributed by atoms with Crippen molar-refractivity contribution in [3.05, 3.63) is 70.5 Å². The SMILES string of the molecule is Clc1cccc(CN[C@H]2CC[C@@H](Oc3cc4ccncc4cc3Cl)CC2)c1. The number of fused-ring (bicyclic) bond motifs is 1. The Bertz CT molecular complexity index is 923. The van der Waals surface area contributed by atoms with Gasteiger partial charge in [0, 0.05) is 35.4 Å². The third kappa shape index (κ3) is 4.73. The first-order valence-electron chi connectivity index (χ1n) is 9.35. The fourth-order valence-electron chi connectivity index (χ4n) is 3.65. The molecular weight excluding hydrogens is 379 g/mol. The summed E-state index contributed by atoms with van der Waals surface area (Å²) in [6.45, 7) is 0.849. The van der Waals surface area contributed by atoms with Crippen LogP contribution in [0.4, 0.5) is 0 Å². The number of rotatable bonds is 5. The minimum Gasteiger partial charge on any atom is -0.489 e. The van der Waals surface area contributed by atoms with Gasteiger partial charge in [-0.25, -0.2) is 0 Å². The highest BCUT2D eigenvalue weighted by molar-refractivity contribution is 6.32. The lowest BCUT2D eigenvalue weighted by molar-refractivity contribution is 0.139. The highest BCUT2D eigenvalue weighted by atomic mass is 35.5. The maximum Gasteiger partial charge on any atom is 0.138 e. The molecule has 0 amide bonds. The summed E-state index contributed by atoms with van der Waals surface area (Å²) >= 11 is 12.5. The summed E-state index contributed by atoms with van der Waals surface area (Å²) in [5, 5.41) is 7.20. The second-order valence-corrected chi connectivity index (χ2v) is 7.95. The molecule has 27 heavy (non-hydrogen) atoms. The van der Waals surface area contributed by atoms with Gasteiger partial charge in [0.15, 0.2) is 0 Å². The van der Waals surface area contributed by atoms with Gasteiger partial charge in [-0.15, -0.1) is 0 Å². The zero-order valence-electron chi connectivity index (χ0n) is 15.0. The van der Waals surface area contributed by atoms with Crippen molar-refractivity contribution in [3.8, 4) is 5.75 Å². The first-order chi connectivity index (χ1) is 13.2. The van der Waals surface area contributed by atoms with Crippen LogP contribution >= 0.6 is 23.2 Å². The number of benzene rings is 2. The number of ether oxygens (including phenoxy) is 1. The number of hydrogen-bond donors (Lipinski definition) is 1. The Balaban J connectivity index is 1.31. The largest absolute Gasteiger partial charge is 0.489 e. The van der Waals surface area contributed by atoms with Crippen molar-refractivity contribution in [2.45, 2.75) is 44.4 Å². The molecule has 1 aromatic heterocycles. The molecule has 1 aliphatic rings. The molecule has 1 saturated carbocycles. The third-order valence-corrected chi connectivity index (χ3v) is 5.67. The molecule has 4 rings (SSSR count). The van der Waals surface area contributed by atoms with Crippen molar-refractivity contribution in [3.63, 3.8) is 0 Å². The molecule has 1 fully saturated rings. The van der Waals surface area contributed by atoms with Crippen LogP contribution < -0.4 is 10.1 Å². The summed E-state index contributed by atoms with van der Waals surface area (Å²) in [5.41, 5.74) is 1.22. The summed E-state index contributed by atoms with van der Waals surface area (Å²) in [4.78, 5) is 4.14. The van der Waals surface area contributed by atoms with Gasteiger partial charge in [0.25, 0.3) is 0 Å². The Morgan fingerprint density at radius 1 is 1.00 bits per heavy atom. The molecule has 0 atom stereocenters. The van der Waals surface area contributed by atoms with Gasteiger partial charge in [-0.1, -0.05) is 35.3 Å². The molecular formula is C22H22Cl2N2O. The zero-order chi connectivity index (χ0) is 18.6. The monoisotopic (exact) mass is 400 g/mol. The molecule has 2 aromatic carbocycles. The summed E-state index contributed by atoms with van der Waals surface area (Å²) in [5.74, 6) is 0.769. The Morgan fingerprint density at radius 2 is 1.85 bits per heavy atom. The molecule has 0 spiro atoms. The molecule has 1 aliphatic carbocycles. The maximum absolute atomic E-state index is 6.41. The van der Waals surface area contributed by atoms with E-state index < -0.39 is 0 Å². The van der Waals surface area contributed by atoms with Gasteiger partial charge in [-0.2, -0.15) is 0 Å². The van der Waals surface area contributed by atoms with E-state index in [1.807, 2.05) is 42.6 Å². The predicted octanol–water partition coefficient (Wildman–Crippen LogP) is 6.02. The lowest BCUT2D eigenvalue weighted by Gasteiger charge is -2.30. The van der Waals surface area contributed by atoms with E-state index in [1.165, 1.54) is 5.56 Å². The van der Waals surface area contributed by atoms with Crippen LogP contribution in [0.25, 0.3) is 10.8 Å². The molecule has 0 bridgehead atoms. The van der Waals surface area contributed by atoms with E-state index in [0.717, 1.165) is 53.8 Å². The van der Waals surface area contributed by atoms with E-state index >= 15 is 0 Å². The van der Waals surface area contributed by atoms with Crippen molar-refractivity contribution in [2.75, 3.05) is 0 Å². The molecule has 1 heterocycles. The van der Waals surface area contributed by atoms with Gasteiger partial charge in [0.2, 0.25) is 0 Å². The number of aromatic nitrogens is 1. The smallest absolute Gasteiger partial charge is 0.138 e. The van der Waals surface area contributed by atoms with Gasteiger partial charge >= 0.3 is 0 Å². The van der Waals surface area contributed by atoms with Crippen molar-refractivity contribution in [1.82, 2.24) is 10.3 Å². The molecule has 1 N–H and O–H groups in total. The molecule has 0 saturated heterocycles. The predicted molar refractivity (Wildman–Crippen MR) is 112 cm³/mol. The fraction of sp³-hybridized carbons (Fsp3) is 0.318. The van der Waals surface area contributed by atoms with Crippen LogP contribution in [0.3, 0.4) is 0 Å². The number of hydrogen-bond acceptors (Lipinski definition) is 3. The van der Waals surface area contributed by atoms with Crippen LogP contribution in [0.5, 0.6) is 5.75 Å². The average Bonchev–Trinajstić information content (AvgIpc) is 2.68. The minimum absolute atomic E-state index is 0.214. The van der Waals surface area contributed by atoms with Gasteiger partial charge in [-0.05, 0) is 67.0 Å². The van der Waals surface area contributed by atoms with E-state index in [9.17, 15) is 0 Å². The van der Waals surface area contributed by atoms with E-state index in [0.29, 0.717) is 11.1 Å². The molecule has 140 valence electrons. The molecule has 3 aromatic rings. The fourth-order valence-corrected chi connectivity index (χ4v) is 4.08. The number of nitrogens with one attached hydrogen (secondary N) is 1. The molecule has 3 nitrogen and oxygen atoms in total. The van der Waals surface area contributed by atoms with Gasteiger partial charge in [0.1, 0.15) is 5.75 Å². The summed E-state index contributed by atoms with van der Waals surface area (Å²) in [6.07, 6.45) is 8.07. The number of halogens is 2. The van der Waals surface area contributed by atoms with Crippen LogP contribution in [-0.2, 0) is 6.54 Å². The normalized spacial score (nSPS) is 19.9. The van der Waals surface area contributed by atoms with Crippen molar-refractivity contribution >= 4 is 34.0 Å². The van der Waals surface area contributed by atoms with E-state index in [-0.39, 0.29) is 6.10 Å². The van der Waals surface area contributed by atoms with E-state index in [1.54, 1.807) is 6.20 Å². The maximum atomic E-state index is 6.41. The quantitative estimate of drug-likeness (QED) is 0.568. The molecule has 0 unspecified atom stereocenters. The summed E-state index contributed by atoms with van der Waals surface area (Å²) < 4.78 is 6.22. The Morgan fingerprint density at radius 3 is 2.67 bits per heavy atom. The Hall–Kier alpha value is -1.81. The van der Waals surface area contributed by atoms with Crippen molar-refractivity contribution in [1.29, 1.82) is 0 Å². The van der Waals surface area contributed by atoms with Crippen LogP contribution in [0, 0.1) is 0 Å². The molecule has 0 aliphatic heterocycles. The van der Waals surface area contributed by atoms with E-state index in [4.69, 9.17) is 27.9 Å². The topological polar surface area (TPSA) is 34.1 Å². The summed E-state index contributed by atoms with van der Waals surface area (Å²) in [6, 6.07) is 14.5. The lowest BCUT2D eigenvalue weighted by Crippen LogP contribution is -2.36.